The number of hydrogen-bond acceptors (Lipinski definition) is 3. The zero-order valence-corrected chi connectivity index (χ0v) is 11.7. The lowest BCUT2D eigenvalue weighted by molar-refractivity contribution is -0.0239. The van der Waals surface area contributed by atoms with Crippen molar-refractivity contribution >= 4 is 9.84 Å². The van der Waals surface area contributed by atoms with Crippen LogP contribution in [0.25, 0.3) is 0 Å². The van der Waals surface area contributed by atoms with Crippen LogP contribution in [0.5, 0.6) is 0 Å². The van der Waals surface area contributed by atoms with Gasteiger partial charge in [-0.25, -0.2) is 8.42 Å². The average molecular weight is 269 g/mol. The van der Waals surface area contributed by atoms with E-state index >= 15 is 0 Å². The van der Waals surface area contributed by atoms with Gasteiger partial charge in [-0.1, -0.05) is 0 Å². The Labute approximate surface area is 110 Å². The van der Waals surface area contributed by atoms with Gasteiger partial charge in [-0.2, -0.15) is 0 Å². The van der Waals surface area contributed by atoms with Gasteiger partial charge in [0.2, 0.25) is 0 Å². The van der Waals surface area contributed by atoms with Gasteiger partial charge in [-0.3, -0.25) is 0 Å². The molecule has 1 aliphatic heterocycles. The largest absolute Gasteiger partial charge is 0.307 e. The highest BCUT2D eigenvalue weighted by Crippen LogP contribution is 2.55. The molecule has 0 aromatic heterocycles. The van der Waals surface area contributed by atoms with Crippen molar-refractivity contribution < 1.29 is 8.42 Å². The Morgan fingerprint density at radius 2 is 1.50 bits per heavy atom. The Morgan fingerprint density at radius 1 is 0.944 bits per heavy atom. The maximum absolute atomic E-state index is 11.6. The Bertz CT molecular complexity index is 421. The summed E-state index contributed by atoms with van der Waals surface area (Å²) in [5.74, 6) is 3.58. The summed E-state index contributed by atoms with van der Waals surface area (Å²) < 4.78 is 23.2. The van der Waals surface area contributed by atoms with Crippen molar-refractivity contribution in [3.63, 3.8) is 0 Å². The molecule has 0 radical (unpaired) electrons. The van der Waals surface area contributed by atoms with Gasteiger partial charge in [0.15, 0.2) is 9.84 Å². The summed E-state index contributed by atoms with van der Waals surface area (Å²) in [6.07, 6.45) is 9.13. The quantitative estimate of drug-likeness (QED) is 0.830. The van der Waals surface area contributed by atoms with Crippen molar-refractivity contribution in [3.05, 3.63) is 0 Å². The third-order valence-corrected chi connectivity index (χ3v) is 7.55. The number of hydrogen-bond donors (Lipinski definition) is 1. The summed E-state index contributed by atoms with van der Waals surface area (Å²) in [5.41, 5.74) is 0.319. The number of rotatable bonds is 2. The molecule has 0 spiro atoms. The van der Waals surface area contributed by atoms with Crippen LogP contribution in [-0.4, -0.2) is 31.5 Å². The normalized spacial score (nSPS) is 52.9. The first-order chi connectivity index (χ1) is 8.52. The van der Waals surface area contributed by atoms with E-state index < -0.39 is 9.84 Å². The fraction of sp³-hybridized carbons (Fsp3) is 1.00. The number of sulfone groups is 1. The SMILES string of the molecule is O=S1(=O)CCC(NC23CC4CC(CC(C4)C2)C3)C1. The Balaban J connectivity index is 1.51. The van der Waals surface area contributed by atoms with E-state index in [0.29, 0.717) is 17.0 Å². The molecule has 0 aromatic rings. The van der Waals surface area contributed by atoms with Crippen molar-refractivity contribution in [1.82, 2.24) is 5.32 Å². The molecule has 4 aliphatic carbocycles. The summed E-state index contributed by atoms with van der Waals surface area (Å²) in [7, 11) is -2.74. The van der Waals surface area contributed by atoms with E-state index in [1.165, 1.54) is 38.5 Å². The summed E-state index contributed by atoms with van der Waals surface area (Å²) in [4.78, 5) is 0. The topological polar surface area (TPSA) is 46.2 Å². The smallest absolute Gasteiger partial charge is 0.151 e. The second kappa shape index (κ2) is 3.72. The van der Waals surface area contributed by atoms with Crippen LogP contribution in [0.1, 0.15) is 44.9 Å². The van der Waals surface area contributed by atoms with Crippen LogP contribution in [0.4, 0.5) is 0 Å². The average Bonchev–Trinajstić information content (AvgIpc) is 2.54. The Kier molecular flexibility index (Phi) is 2.42. The standard InChI is InChI=1S/C14H23NO2S/c16-18(17)2-1-13(9-18)15-14-6-10-3-11(7-14)5-12(4-10)8-14/h10-13,15H,1-9H2. The number of nitrogens with one attached hydrogen (secondary N) is 1. The van der Waals surface area contributed by atoms with Crippen LogP contribution < -0.4 is 5.32 Å². The minimum Gasteiger partial charge on any atom is -0.307 e. The van der Waals surface area contributed by atoms with E-state index in [0.717, 1.165) is 24.2 Å². The van der Waals surface area contributed by atoms with Crippen LogP contribution in [0, 0.1) is 17.8 Å². The minimum absolute atomic E-state index is 0.242. The fourth-order valence-electron chi connectivity index (χ4n) is 5.63. The second-order valence-electron chi connectivity index (χ2n) is 7.44. The van der Waals surface area contributed by atoms with Crippen molar-refractivity contribution in [3.8, 4) is 0 Å². The molecule has 1 unspecified atom stereocenters. The molecular weight excluding hydrogens is 246 g/mol. The predicted octanol–water partition coefficient (Wildman–Crippen LogP) is 1.73. The third kappa shape index (κ3) is 1.92. The first kappa shape index (κ1) is 11.7. The molecule has 102 valence electrons. The van der Waals surface area contributed by atoms with Gasteiger partial charge >= 0.3 is 0 Å². The Morgan fingerprint density at radius 3 is 1.94 bits per heavy atom. The van der Waals surface area contributed by atoms with Gasteiger partial charge in [0, 0.05) is 11.6 Å². The lowest BCUT2D eigenvalue weighted by Crippen LogP contribution is -2.61. The first-order valence-corrected chi connectivity index (χ1v) is 9.32. The zero-order valence-electron chi connectivity index (χ0n) is 10.9. The molecule has 0 amide bonds. The van der Waals surface area contributed by atoms with Crippen LogP contribution in [0.2, 0.25) is 0 Å². The van der Waals surface area contributed by atoms with Crippen LogP contribution in [-0.2, 0) is 9.84 Å². The third-order valence-electron chi connectivity index (χ3n) is 5.78. The van der Waals surface area contributed by atoms with Crippen LogP contribution in [0.15, 0.2) is 0 Å². The van der Waals surface area contributed by atoms with E-state index in [2.05, 4.69) is 5.32 Å². The Hall–Kier alpha value is -0.0900. The first-order valence-electron chi connectivity index (χ1n) is 7.50. The van der Waals surface area contributed by atoms with Crippen molar-refractivity contribution in [1.29, 1.82) is 0 Å². The maximum atomic E-state index is 11.6. The summed E-state index contributed by atoms with van der Waals surface area (Å²) in [5, 5.41) is 3.80. The predicted molar refractivity (Wildman–Crippen MR) is 71.1 cm³/mol. The van der Waals surface area contributed by atoms with Crippen molar-refractivity contribution in [2.45, 2.75) is 56.5 Å². The van der Waals surface area contributed by atoms with Gasteiger partial charge in [0.1, 0.15) is 0 Å². The van der Waals surface area contributed by atoms with Gasteiger partial charge < -0.3 is 5.32 Å². The van der Waals surface area contributed by atoms with Gasteiger partial charge in [0.25, 0.3) is 0 Å². The van der Waals surface area contributed by atoms with Gasteiger partial charge in [-0.05, 0) is 62.7 Å². The summed E-state index contributed by atoms with van der Waals surface area (Å²) >= 11 is 0. The summed E-state index contributed by atoms with van der Waals surface area (Å²) in [6, 6.07) is 0.242. The molecule has 4 saturated carbocycles. The van der Waals surface area contributed by atoms with E-state index in [1.807, 2.05) is 0 Å². The highest BCUT2D eigenvalue weighted by Gasteiger charge is 2.51. The molecule has 4 bridgehead atoms. The molecule has 1 atom stereocenters. The minimum atomic E-state index is -2.74. The molecule has 5 rings (SSSR count). The molecule has 5 aliphatic rings. The van der Waals surface area contributed by atoms with Crippen LogP contribution in [0.3, 0.4) is 0 Å². The molecule has 1 saturated heterocycles. The molecule has 4 heteroatoms. The molecule has 0 aromatic carbocycles. The van der Waals surface area contributed by atoms with Gasteiger partial charge in [0.05, 0.1) is 11.5 Å². The molecule has 5 fully saturated rings. The molecule has 1 N–H and O–H groups in total. The van der Waals surface area contributed by atoms with E-state index in [4.69, 9.17) is 0 Å². The molecule has 3 nitrogen and oxygen atoms in total. The van der Waals surface area contributed by atoms with Gasteiger partial charge in [-0.15, -0.1) is 0 Å². The van der Waals surface area contributed by atoms with E-state index in [-0.39, 0.29) is 6.04 Å². The lowest BCUT2D eigenvalue weighted by Gasteiger charge is -2.57. The molecule has 18 heavy (non-hydrogen) atoms. The monoisotopic (exact) mass is 269 g/mol. The maximum Gasteiger partial charge on any atom is 0.151 e. The summed E-state index contributed by atoms with van der Waals surface area (Å²) in [6.45, 7) is 0. The molecule has 1 heterocycles. The van der Waals surface area contributed by atoms with Crippen molar-refractivity contribution in [2.75, 3.05) is 11.5 Å². The second-order valence-corrected chi connectivity index (χ2v) is 9.67. The highest BCUT2D eigenvalue weighted by atomic mass is 32.2. The molecular formula is C14H23NO2S. The lowest BCUT2D eigenvalue weighted by atomic mass is 9.53. The zero-order chi connectivity index (χ0) is 12.4. The highest BCUT2D eigenvalue weighted by molar-refractivity contribution is 7.91. The van der Waals surface area contributed by atoms with Crippen molar-refractivity contribution in [2.24, 2.45) is 17.8 Å². The van der Waals surface area contributed by atoms with E-state index in [9.17, 15) is 8.42 Å². The van der Waals surface area contributed by atoms with Crippen LogP contribution >= 0.6 is 0 Å². The fourth-order valence-corrected chi connectivity index (χ4v) is 7.30. The van der Waals surface area contributed by atoms with E-state index in [1.54, 1.807) is 0 Å².